The van der Waals surface area contributed by atoms with Gasteiger partial charge in [-0.1, -0.05) is 26.8 Å². The fraction of sp³-hybridized carbons (Fsp3) is 0.400. The van der Waals surface area contributed by atoms with Crippen molar-refractivity contribution in [3.8, 4) is 16.7 Å². The molecule has 5 nitrogen and oxygen atoms in total. The van der Waals surface area contributed by atoms with Gasteiger partial charge >= 0.3 is 5.97 Å². The van der Waals surface area contributed by atoms with Crippen LogP contribution >= 0.6 is 11.5 Å². The van der Waals surface area contributed by atoms with E-state index >= 15 is 0 Å². The Hall–Kier alpha value is -1.95. The second-order valence-electron chi connectivity index (χ2n) is 5.45. The zero-order valence-corrected chi connectivity index (χ0v) is 12.9. The van der Waals surface area contributed by atoms with Crippen LogP contribution in [0.4, 0.5) is 0 Å². The van der Waals surface area contributed by atoms with Crippen LogP contribution in [0.25, 0.3) is 0 Å². The second-order valence-corrected chi connectivity index (χ2v) is 6.17. The van der Waals surface area contributed by atoms with Crippen molar-refractivity contribution >= 4 is 17.5 Å². The summed E-state index contributed by atoms with van der Waals surface area (Å²) in [4.78, 5) is 15.8. The molecule has 3 rings (SSSR count). The highest BCUT2D eigenvalue weighted by Gasteiger charge is 2.24. The first-order chi connectivity index (χ1) is 10.0. The van der Waals surface area contributed by atoms with Gasteiger partial charge in [-0.05, 0) is 17.5 Å². The molecular formula is C15H16N2O3S. The molecule has 1 aliphatic rings. The molecule has 21 heavy (non-hydrogen) atoms. The van der Waals surface area contributed by atoms with E-state index in [-0.39, 0.29) is 17.8 Å². The van der Waals surface area contributed by atoms with Crippen molar-refractivity contribution in [2.75, 3.05) is 0 Å². The van der Waals surface area contributed by atoms with Gasteiger partial charge in [-0.15, -0.1) is 0 Å². The van der Waals surface area contributed by atoms with Crippen LogP contribution in [0.5, 0.6) is 16.7 Å². The predicted molar refractivity (Wildman–Crippen MR) is 79.2 cm³/mol. The molecule has 0 fully saturated rings. The van der Waals surface area contributed by atoms with Gasteiger partial charge in [0.1, 0.15) is 17.3 Å². The van der Waals surface area contributed by atoms with Gasteiger partial charge in [0.15, 0.2) is 0 Å². The Morgan fingerprint density at radius 1 is 1.43 bits per heavy atom. The zero-order chi connectivity index (χ0) is 15.0. The summed E-state index contributed by atoms with van der Waals surface area (Å²) in [7, 11) is 0. The maximum absolute atomic E-state index is 11.5. The lowest BCUT2D eigenvalue weighted by molar-refractivity contribution is -0.135. The van der Waals surface area contributed by atoms with Crippen molar-refractivity contribution in [2.24, 2.45) is 0 Å². The quantitative estimate of drug-likeness (QED) is 0.636. The molecule has 6 heteroatoms. The number of aromatic nitrogens is 2. The summed E-state index contributed by atoms with van der Waals surface area (Å²) < 4.78 is 15.2. The number of carbonyl (C=O) groups excluding carboxylic acids is 1. The molecule has 0 amide bonds. The monoisotopic (exact) mass is 304 g/mol. The van der Waals surface area contributed by atoms with Crippen LogP contribution in [-0.4, -0.2) is 15.3 Å². The summed E-state index contributed by atoms with van der Waals surface area (Å²) in [6.45, 7) is 6.08. The van der Waals surface area contributed by atoms with Crippen molar-refractivity contribution < 1.29 is 14.3 Å². The van der Waals surface area contributed by atoms with E-state index in [1.165, 1.54) is 11.5 Å². The van der Waals surface area contributed by atoms with Crippen LogP contribution in [0.2, 0.25) is 0 Å². The first kappa shape index (κ1) is 14.0. The Morgan fingerprint density at radius 2 is 2.24 bits per heavy atom. The highest BCUT2D eigenvalue weighted by Crippen LogP contribution is 2.37. The molecule has 2 heterocycles. The number of hydrogen-bond acceptors (Lipinski definition) is 6. The number of ether oxygens (including phenoxy) is 2. The number of rotatable bonds is 3. The van der Waals surface area contributed by atoms with Gasteiger partial charge in [-0.3, -0.25) is 4.79 Å². The summed E-state index contributed by atoms with van der Waals surface area (Å²) in [6, 6.07) is 5.54. The van der Waals surface area contributed by atoms with Crippen LogP contribution in [0.1, 0.15) is 50.4 Å². The maximum atomic E-state index is 11.5. The fourth-order valence-corrected chi connectivity index (χ4v) is 2.89. The normalized spacial score (nSPS) is 17.5. The molecule has 0 saturated carbocycles. The number of benzene rings is 1. The summed E-state index contributed by atoms with van der Waals surface area (Å²) in [5, 5.41) is 0.494. The van der Waals surface area contributed by atoms with E-state index in [1.54, 1.807) is 6.07 Å². The second kappa shape index (κ2) is 5.44. The van der Waals surface area contributed by atoms with Crippen LogP contribution in [0, 0.1) is 0 Å². The number of esters is 1. The summed E-state index contributed by atoms with van der Waals surface area (Å²) in [6.07, 6.45) is 0.418. The minimum Gasteiger partial charge on any atom is -0.430 e. The highest BCUT2D eigenvalue weighted by atomic mass is 32.1. The zero-order valence-electron chi connectivity index (χ0n) is 12.1. The van der Waals surface area contributed by atoms with Gasteiger partial charge in [0.05, 0.1) is 6.42 Å². The Balaban J connectivity index is 1.83. The third-order valence-electron chi connectivity index (χ3n) is 3.36. The van der Waals surface area contributed by atoms with Crippen LogP contribution in [0.15, 0.2) is 18.2 Å². The lowest BCUT2D eigenvalue weighted by atomic mass is 9.95. The van der Waals surface area contributed by atoms with Gasteiger partial charge < -0.3 is 9.47 Å². The van der Waals surface area contributed by atoms with Crippen molar-refractivity contribution in [2.45, 2.75) is 39.0 Å². The first-order valence-corrected chi connectivity index (χ1v) is 7.66. The van der Waals surface area contributed by atoms with Crippen LogP contribution in [-0.2, 0) is 4.79 Å². The molecule has 1 aromatic carbocycles. The van der Waals surface area contributed by atoms with E-state index in [2.05, 4.69) is 9.36 Å². The van der Waals surface area contributed by atoms with E-state index < -0.39 is 0 Å². The van der Waals surface area contributed by atoms with Gasteiger partial charge in [-0.25, -0.2) is 0 Å². The molecule has 1 aromatic heterocycles. The molecule has 0 saturated heterocycles. The fourth-order valence-electron chi connectivity index (χ4n) is 2.19. The smallest absolute Gasteiger partial charge is 0.311 e. The average molecular weight is 304 g/mol. The topological polar surface area (TPSA) is 61.3 Å². The van der Waals surface area contributed by atoms with Gasteiger partial charge in [0.25, 0.3) is 5.19 Å². The Morgan fingerprint density at radius 3 is 2.95 bits per heavy atom. The van der Waals surface area contributed by atoms with Crippen LogP contribution < -0.4 is 9.47 Å². The molecule has 1 unspecified atom stereocenters. The lowest BCUT2D eigenvalue weighted by Crippen LogP contribution is -2.18. The van der Waals surface area contributed by atoms with E-state index in [9.17, 15) is 4.79 Å². The Kier molecular flexibility index (Phi) is 3.63. The lowest BCUT2D eigenvalue weighted by Gasteiger charge is -2.21. The van der Waals surface area contributed by atoms with E-state index in [0.717, 1.165) is 11.4 Å². The van der Waals surface area contributed by atoms with E-state index in [0.29, 0.717) is 23.1 Å². The molecule has 0 radical (unpaired) electrons. The molecule has 0 bridgehead atoms. The SMILES string of the molecule is CC(C)c1nsc(Oc2ccc3c(c2)OC(=O)CC3C)n1. The predicted octanol–water partition coefficient (Wildman–Crippen LogP) is 3.87. The maximum Gasteiger partial charge on any atom is 0.311 e. The molecule has 0 aliphatic carbocycles. The number of hydrogen-bond donors (Lipinski definition) is 0. The summed E-state index contributed by atoms with van der Waals surface area (Å²) >= 11 is 1.22. The Labute approximate surface area is 127 Å². The highest BCUT2D eigenvalue weighted by molar-refractivity contribution is 7.07. The van der Waals surface area contributed by atoms with Gasteiger partial charge in [0, 0.05) is 23.5 Å². The summed E-state index contributed by atoms with van der Waals surface area (Å²) in [5.41, 5.74) is 1.03. The van der Waals surface area contributed by atoms with Crippen molar-refractivity contribution in [1.29, 1.82) is 0 Å². The van der Waals surface area contributed by atoms with E-state index in [1.807, 2.05) is 32.9 Å². The minimum absolute atomic E-state index is 0.171. The third kappa shape index (κ3) is 2.90. The van der Waals surface area contributed by atoms with Gasteiger partial charge in [0.2, 0.25) is 0 Å². The minimum atomic E-state index is -0.204. The number of fused-ring (bicyclic) bond motifs is 1. The number of carbonyl (C=O) groups is 1. The molecule has 0 N–H and O–H groups in total. The molecule has 110 valence electrons. The Bertz CT molecular complexity index is 681. The standard InChI is InChI=1S/C15H16N2O3S/c1-8(2)14-16-15(21-17-14)19-10-4-5-11-9(3)6-13(18)20-12(11)7-10/h4-5,7-9H,6H2,1-3H3. The first-order valence-electron chi connectivity index (χ1n) is 6.89. The van der Waals surface area contributed by atoms with Crippen LogP contribution in [0.3, 0.4) is 0 Å². The molecule has 0 spiro atoms. The third-order valence-corrected chi connectivity index (χ3v) is 3.97. The van der Waals surface area contributed by atoms with Crippen molar-refractivity contribution in [3.63, 3.8) is 0 Å². The molecular weight excluding hydrogens is 288 g/mol. The van der Waals surface area contributed by atoms with Crippen molar-refractivity contribution in [1.82, 2.24) is 9.36 Å². The molecule has 2 aromatic rings. The van der Waals surface area contributed by atoms with Gasteiger partial charge in [-0.2, -0.15) is 9.36 Å². The van der Waals surface area contributed by atoms with E-state index in [4.69, 9.17) is 9.47 Å². The molecule has 1 aliphatic heterocycles. The summed E-state index contributed by atoms with van der Waals surface area (Å²) in [5.74, 6) is 2.18. The average Bonchev–Trinajstić information content (AvgIpc) is 2.86. The largest absolute Gasteiger partial charge is 0.430 e. The van der Waals surface area contributed by atoms with Crippen molar-refractivity contribution in [3.05, 3.63) is 29.6 Å². The molecule has 1 atom stereocenters. The number of nitrogens with zero attached hydrogens (tertiary/aromatic N) is 2.